The molecule has 158 valence electrons. The summed E-state index contributed by atoms with van der Waals surface area (Å²) in [5.41, 5.74) is 1.48. The Kier molecular flexibility index (Phi) is 6.62. The summed E-state index contributed by atoms with van der Waals surface area (Å²) in [6, 6.07) is 17.9. The van der Waals surface area contributed by atoms with Crippen LogP contribution >= 0.6 is 46.6 Å². The van der Waals surface area contributed by atoms with Crippen LogP contribution in [0.2, 0.25) is 15.1 Å². The highest BCUT2D eigenvalue weighted by Gasteiger charge is 2.28. The van der Waals surface area contributed by atoms with Gasteiger partial charge in [-0.2, -0.15) is 0 Å². The monoisotopic (exact) mass is 493 g/mol. The van der Waals surface area contributed by atoms with E-state index in [4.69, 9.17) is 44.3 Å². The lowest BCUT2D eigenvalue weighted by molar-refractivity contribution is -0.149. The van der Waals surface area contributed by atoms with Gasteiger partial charge in [-0.25, -0.2) is 4.79 Å². The zero-order valence-electron chi connectivity index (χ0n) is 15.8. The first-order chi connectivity index (χ1) is 14.9. The average molecular weight is 495 g/mol. The minimum absolute atomic E-state index is 0.190. The van der Waals surface area contributed by atoms with Crippen molar-refractivity contribution < 1.29 is 19.1 Å². The highest BCUT2D eigenvalue weighted by molar-refractivity contribution is 7.99. The van der Waals surface area contributed by atoms with Gasteiger partial charge in [0.2, 0.25) is 0 Å². The lowest BCUT2D eigenvalue weighted by atomic mass is 10.2. The summed E-state index contributed by atoms with van der Waals surface area (Å²) in [5.74, 6) is -0.903. The van der Waals surface area contributed by atoms with Gasteiger partial charge >= 0.3 is 5.97 Å². The third-order valence-electron chi connectivity index (χ3n) is 4.36. The van der Waals surface area contributed by atoms with Gasteiger partial charge in [0.25, 0.3) is 5.91 Å². The van der Waals surface area contributed by atoms with E-state index in [0.29, 0.717) is 0 Å². The summed E-state index contributed by atoms with van der Waals surface area (Å²) in [6.45, 7) is -0.876. The molecular formula is C22H14Cl3NO4S. The van der Waals surface area contributed by atoms with Crippen LogP contribution in [0.4, 0.5) is 11.4 Å². The molecule has 1 amide bonds. The second-order valence-corrected chi connectivity index (χ2v) is 8.72. The maximum Gasteiger partial charge on any atom is 0.344 e. The van der Waals surface area contributed by atoms with Gasteiger partial charge in [0, 0.05) is 15.9 Å². The van der Waals surface area contributed by atoms with E-state index in [1.165, 1.54) is 12.1 Å². The molecule has 0 aromatic heterocycles. The summed E-state index contributed by atoms with van der Waals surface area (Å²) in [4.78, 5) is 28.6. The molecule has 5 nitrogen and oxygen atoms in total. The van der Waals surface area contributed by atoms with Crippen molar-refractivity contribution in [3.8, 4) is 5.75 Å². The number of para-hydroxylation sites is 2. The third-order valence-corrected chi connectivity index (χ3v) is 6.51. The lowest BCUT2D eigenvalue weighted by Crippen LogP contribution is -2.33. The SMILES string of the molecule is O=C(COc1cc(Cl)c(Cl)cc1Cl)OCC(=O)N1c2ccccc2Sc2ccccc21. The van der Waals surface area contributed by atoms with Crippen molar-refractivity contribution in [2.24, 2.45) is 0 Å². The summed E-state index contributed by atoms with van der Waals surface area (Å²) in [5, 5.41) is 0.717. The number of nitrogens with zero attached hydrogens (tertiary/aromatic N) is 1. The molecule has 0 bridgehead atoms. The van der Waals surface area contributed by atoms with Crippen molar-refractivity contribution in [1.29, 1.82) is 0 Å². The first kappa shape index (κ1) is 21.8. The number of rotatable bonds is 5. The Bertz CT molecular complexity index is 1130. The maximum absolute atomic E-state index is 13.0. The third kappa shape index (κ3) is 4.77. The van der Waals surface area contributed by atoms with Crippen molar-refractivity contribution >= 4 is 69.8 Å². The summed E-state index contributed by atoms with van der Waals surface area (Å²) in [7, 11) is 0. The van der Waals surface area contributed by atoms with E-state index in [0.717, 1.165) is 21.2 Å². The first-order valence-corrected chi connectivity index (χ1v) is 11.0. The number of amides is 1. The Balaban J connectivity index is 1.42. The number of anilines is 2. The fraction of sp³-hybridized carbons (Fsp3) is 0.0909. The Morgan fingerprint density at radius 2 is 1.39 bits per heavy atom. The Labute approximate surface area is 197 Å². The van der Waals surface area contributed by atoms with Gasteiger partial charge in [0.1, 0.15) is 5.75 Å². The van der Waals surface area contributed by atoms with E-state index in [9.17, 15) is 9.59 Å². The van der Waals surface area contributed by atoms with Gasteiger partial charge in [0.05, 0.1) is 26.4 Å². The fourth-order valence-electron chi connectivity index (χ4n) is 2.97. The number of carbonyl (C=O) groups is 2. The topological polar surface area (TPSA) is 55.8 Å². The van der Waals surface area contributed by atoms with Crippen LogP contribution in [0.1, 0.15) is 0 Å². The van der Waals surface area contributed by atoms with Crippen molar-refractivity contribution in [3.05, 3.63) is 75.7 Å². The molecule has 0 atom stereocenters. The maximum atomic E-state index is 13.0. The van der Waals surface area contributed by atoms with Crippen molar-refractivity contribution in [2.45, 2.75) is 9.79 Å². The molecular weight excluding hydrogens is 481 g/mol. The number of hydrogen-bond donors (Lipinski definition) is 0. The molecule has 3 aromatic carbocycles. The quantitative estimate of drug-likeness (QED) is 0.303. The molecule has 0 N–H and O–H groups in total. The number of benzene rings is 3. The van der Waals surface area contributed by atoms with E-state index in [1.54, 1.807) is 16.7 Å². The van der Waals surface area contributed by atoms with Gasteiger partial charge in [-0.1, -0.05) is 70.8 Å². The van der Waals surface area contributed by atoms with E-state index in [2.05, 4.69) is 0 Å². The highest BCUT2D eigenvalue weighted by atomic mass is 35.5. The van der Waals surface area contributed by atoms with E-state index in [1.807, 2.05) is 48.5 Å². The fourth-order valence-corrected chi connectivity index (χ4v) is 4.62. The molecule has 3 aromatic rings. The first-order valence-electron chi connectivity index (χ1n) is 9.06. The van der Waals surface area contributed by atoms with Crippen molar-refractivity contribution in [1.82, 2.24) is 0 Å². The molecule has 4 rings (SSSR count). The minimum Gasteiger partial charge on any atom is -0.480 e. The van der Waals surface area contributed by atoms with Crippen LogP contribution in [-0.4, -0.2) is 25.1 Å². The number of hydrogen-bond acceptors (Lipinski definition) is 5. The highest BCUT2D eigenvalue weighted by Crippen LogP contribution is 2.47. The molecule has 0 radical (unpaired) electrons. The lowest BCUT2D eigenvalue weighted by Gasteiger charge is -2.30. The number of esters is 1. The Morgan fingerprint density at radius 1 is 0.806 bits per heavy atom. The van der Waals surface area contributed by atoms with Crippen LogP contribution in [0, 0.1) is 0 Å². The van der Waals surface area contributed by atoms with Gasteiger partial charge in [-0.15, -0.1) is 0 Å². The molecule has 0 saturated heterocycles. The molecule has 0 fully saturated rings. The zero-order chi connectivity index (χ0) is 22.0. The predicted molar refractivity (Wildman–Crippen MR) is 122 cm³/mol. The van der Waals surface area contributed by atoms with Crippen LogP contribution in [0.5, 0.6) is 5.75 Å². The zero-order valence-corrected chi connectivity index (χ0v) is 18.9. The molecule has 1 aliphatic heterocycles. The van der Waals surface area contributed by atoms with Gasteiger partial charge in [-0.3, -0.25) is 9.69 Å². The molecule has 0 aliphatic carbocycles. The average Bonchev–Trinajstić information content (AvgIpc) is 2.77. The standard InChI is InChI=1S/C22H14Cl3NO4S/c23-13-9-15(25)18(10-14(13)24)29-12-22(28)30-11-21(27)26-16-5-1-3-7-19(16)31-20-8-4-2-6-17(20)26/h1-10H,11-12H2. The van der Waals surface area contributed by atoms with E-state index in [-0.39, 0.29) is 26.7 Å². The normalized spacial score (nSPS) is 12.0. The Morgan fingerprint density at radius 3 is 2.03 bits per heavy atom. The smallest absolute Gasteiger partial charge is 0.344 e. The van der Waals surface area contributed by atoms with E-state index < -0.39 is 19.2 Å². The largest absolute Gasteiger partial charge is 0.480 e. The molecule has 0 saturated carbocycles. The van der Waals surface area contributed by atoms with E-state index >= 15 is 0 Å². The van der Waals surface area contributed by atoms with Gasteiger partial charge in [0.15, 0.2) is 13.2 Å². The second-order valence-electron chi connectivity index (χ2n) is 6.41. The Hall–Kier alpha value is -2.38. The van der Waals surface area contributed by atoms with Crippen molar-refractivity contribution in [3.63, 3.8) is 0 Å². The minimum atomic E-state index is -0.719. The second kappa shape index (κ2) is 9.40. The molecule has 0 unspecified atom stereocenters. The molecule has 31 heavy (non-hydrogen) atoms. The van der Waals surface area contributed by atoms with Crippen LogP contribution in [-0.2, 0) is 14.3 Å². The van der Waals surface area contributed by atoms with Gasteiger partial charge < -0.3 is 9.47 Å². The number of fused-ring (bicyclic) bond motifs is 2. The predicted octanol–water partition coefficient (Wildman–Crippen LogP) is 6.40. The van der Waals surface area contributed by atoms with Crippen LogP contribution in [0.25, 0.3) is 0 Å². The molecule has 1 aliphatic rings. The number of ether oxygens (including phenoxy) is 2. The summed E-state index contributed by atoms with van der Waals surface area (Å²) >= 11 is 19.4. The van der Waals surface area contributed by atoms with Crippen LogP contribution < -0.4 is 9.64 Å². The summed E-state index contributed by atoms with van der Waals surface area (Å²) in [6.07, 6.45) is 0. The van der Waals surface area contributed by atoms with Crippen molar-refractivity contribution in [2.75, 3.05) is 18.1 Å². The number of carbonyl (C=O) groups excluding carboxylic acids is 2. The number of halogens is 3. The molecule has 0 spiro atoms. The summed E-state index contributed by atoms with van der Waals surface area (Å²) < 4.78 is 10.5. The molecule has 1 heterocycles. The molecule has 9 heteroatoms. The van der Waals surface area contributed by atoms with Crippen LogP contribution in [0.3, 0.4) is 0 Å². The van der Waals surface area contributed by atoms with Crippen LogP contribution in [0.15, 0.2) is 70.5 Å². The van der Waals surface area contributed by atoms with Gasteiger partial charge in [-0.05, 0) is 30.3 Å².